The Morgan fingerprint density at radius 2 is 1.68 bits per heavy atom. The Hall–Kier alpha value is -4.15. The lowest BCUT2D eigenvalue weighted by molar-refractivity contribution is -0.153. The van der Waals surface area contributed by atoms with Crippen molar-refractivity contribution in [1.82, 2.24) is 4.90 Å². The molecule has 1 saturated carbocycles. The molecule has 0 aliphatic heterocycles. The van der Waals surface area contributed by atoms with Crippen molar-refractivity contribution in [1.29, 1.82) is 0 Å². The lowest BCUT2D eigenvalue weighted by Crippen LogP contribution is -2.65. The average Bonchev–Trinajstić information content (AvgIpc) is 2.86. The molecule has 0 bridgehead atoms. The van der Waals surface area contributed by atoms with Gasteiger partial charge in [-0.15, -0.1) is 0 Å². The van der Waals surface area contributed by atoms with E-state index in [1.807, 2.05) is 57.1 Å². The smallest absolute Gasteiger partial charge is 0.255 e. The molecule has 0 aromatic heterocycles. The van der Waals surface area contributed by atoms with Gasteiger partial charge in [0.2, 0.25) is 5.78 Å². The molecule has 4 atom stereocenters. The van der Waals surface area contributed by atoms with Crippen LogP contribution in [-0.4, -0.2) is 82.6 Å². The van der Waals surface area contributed by atoms with Crippen molar-refractivity contribution in [2.45, 2.75) is 38.3 Å². The van der Waals surface area contributed by atoms with Crippen molar-refractivity contribution in [2.75, 3.05) is 33.1 Å². The van der Waals surface area contributed by atoms with Gasteiger partial charge in [0, 0.05) is 36.8 Å². The minimum absolute atomic E-state index is 0.0399. The number of likely N-dealkylation sites (N-methyl/N-ethyl adjacent to an activating group) is 1. The first-order valence-electron chi connectivity index (χ1n) is 13.4. The second kappa shape index (κ2) is 9.46. The number of phenolic OH excluding ortho intramolecular Hbond substituents is 1. The third kappa shape index (κ3) is 3.88. The first-order valence-corrected chi connectivity index (χ1v) is 13.4. The number of Topliss-reactive ketones (excluding diaryl/α,β-unsaturated/α-hetero) is 2. The van der Waals surface area contributed by atoms with Crippen LogP contribution in [0.15, 0.2) is 41.2 Å². The highest BCUT2D eigenvalue weighted by atomic mass is 16.3. The zero-order valence-corrected chi connectivity index (χ0v) is 23.9. The van der Waals surface area contributed by atoms with Crippen molar-refractivity contribution in [3.05, 3.63) is 63.4 Å². The van der Waals surface area contributed by atoms with E-state index in [1.54, 1.807) is 14.1 Å². The first-order chi connectivity index (χ1) is 19.1. The molecule has 6 N–H and O–H groups in total. The number of ketones is 2. The maximum atomic E-state index is 14.1. The number of fused-ring (bicyclic) bond motifs is 3. The summed E-state index contributed by atoms with van der Waals surface area (Å²) in [6.07, 6.45) is 0.265. The lowest BCUT2D eigenvalue weighted by Gasteiger charge is -2.50. The number of benzene rings is 2. The fraction of sp³-hybridized carbons (Fsp3) is 0.387. The number of carbonyl (C=O) groups excluding carboxylic acids is 3. The maximum Gasteiger partial charge on any atom is 0.255 e. The summed E-state index contributed by atoms with van der Waals surface area (Å²) in [6, 6.07) is 6.51. The third-order valence-corrected chi connectivity index (χ3v) is 8.85. The van der Waals surface area contributed by atoms with Gasteiger partial charge in [-0.05, 0) is 69.5 Å². The summed E-state index contributed by atoms with van der Waals surface area (Å²) in [5.74, 6) is -6.65. The monoisotopic (exact) mass is 561 g/mol. The van der Waals surface area contributed by atoms with Crippen LogP contribution >= 0.6 is 0 Å². The van der Waals surface area contributed by atoms with Crippen molar-refractivity contribution in [2.24, 2.45) is 17.6 Å². The molecule has 41 heavy (non-hydrogen) atoms. The number of primary amides is 1. The summed E-state index contributed by atoms with van der Waals surface area (Å²) in [4.78, 5) is 42.9. The zero-order chi connectivity index (χ0) is 30.3. The van der Waals surface area contributed by atoms with Gasteiger partial charge in [0.25, 0.3) is 5.91 Å². The molecule has 2 aromatic carbocycles. The molecule has 0 unspecified atom stereocenters. The molecule has 0 heterocycles. The molecule has 5 rings (SSSR count). The predicted octanol–water partition coefficient (Wildman–Crippen LogP) is 2.31. The van der Waals surface area contributed by atoms with Gasteiger partial charge in [-0.1, -0.05) is 23.8 Å². The number of carbonyl (C=O) groups is 3. The van der Waals surface area contributed by atoms with Crippen molar-refractivity contribution in [3.63, 3.8) is 0 Å². The highest BCUT2D eigenvalue weighted by Crippen LogP contribution is 2.55. The van der Waals surface area contributed by atoms with E-state index in [1.165, 1.54) is 4.90 Å². The van der Waals surface area contributed by atoms with Gasteiger partial charge >= 0.3 is 0 Å². The molecular weight excluding hydrogens is 526 g/mol. The van der Waals surface area contributed by atoms with Crippen molar-refractivity contribution >= 4 is 28.9 Å². The van der Waals surface area contributed by atoms with Crippen LogP contribution in [0.4, 0.5) is 5.69 Å². The molecule has 216 valence electrons. The number of aromatic hydroxyl groups is 1. The molecule has 0 saturated heterocycles. The number of nitrogens with zero attached hydrogens (tertiary/aromatic N) is 2. The molecule has 0 spiro atoms. The summed E-state index contributed by atoms with van der Waals surface area (Å²) < 4.78 is 0. The van der Waals surface area contributed by atoms with E-state index in [0.717, 1.165) is 22.4 Å². The van der Waals surface area contributed by atoms with Gasteiger partial charge in [-0.3, -0.25) is 19.3 Å². The van der Waals surface area contributed by atoms with Gasteiger partial charge in [-0.2, -0.15) is 0 Å². The molecule has 2 aromatic rings. The topological polar surface area (TPSA) is 165 Å². The number of aliphatic hydroxyl groups excluding tert-OH is 2. The second-order valence-electron chi connectivity index (χ2n) is 11.8. The SMILES string of the molecule is Cc1ccc(-c2cc(N(C)C)c3c(c2O)C(O)=C2C(=O)[C@]4(O)C(O)=C(C(N)=O)C(=O)[C@@H](N(C)C)[C@@H]4C[C@@H]2C3)c(C)c1. The minimum Gasteiger partial charge on any atom is -0.508 e. The van der Waals surface area contributed by atoms with Gasteiger partial charge < -0.3 is 31.1 Å². The zero-order valence-electron chi connectivity index (χ0n) is 23.9. The van der Waals surface area contributed by atoms with E-state index in [-0.39, 0.29) is 29.7 Å². The summed E-state index contributed by atoms with van der Waals surface area (Å²) in [5.41, 5.74) is 6.31. The van der Waals surface area contributed by atoms with Crippen LogP contribution in [0, 0.1) is 25.7 Å². The third-order valence-electron chi connectivity index (χ3n) is 8.85. The lowest BCUT2D eigenvalue weighted by atomic mass is 9.57. The van der Waals surface area contributed by atoms with Crippen LogP contribution in [0.25, 0.3) is 16.9 Å². The largest absolute Gasteiger partial charge is 0.508 e. The number of hydrogen-bond acceptors (Lipinski definition) is 9. The van der Waals surface area contributed by atoms with E-state index in [0.29, 0.717) is 11.1 Å². The van der Waals surface area contributed by atoms with Crippen LogP contribution in [0.5, 0.6) is 5.75 Å². The van der Waals surface area contributed by atoms with Gasteiger partial charge in [0.05, 0.1) is 11.6 Å². The number of anilines is 1. The fourth-order valence-corrected chi connectivity index (χ4v) is 7.01. The Kier molecular flexibility index (Phi) is 6.55. The average molecular weight is 562 g/mol. The molecule has 3 aliphatic carbocycles. The normalized spacial score (nSPS) is 25.7. The molecule has 1 fully saturated rings. The Balaban J connectivity index is 1.78. The Bertz CT molecular complexity index is 1600. The van der Waals surface area contributed by atoms with Crippen LogP contribution in [0.3, 0.4) is 0 Å². The standard InChI is InChI=1S/C31H35N3O7/c1-13-7-8-16(14(2)9-13)17-12-20(33(3)4)18-10-15-11-19-24(34(5)6)27(37)23(30(32)40)29(39)31(19,41)28(38)21(15)26(36)22(18)25(17)35/h7-9,12,15,19,24,35-36,39,41H,10-11H2,1-6H3,(H2,32,40)/t15-,19-,24-,31-/m0/s1. The summed E-state index contributed by atoms with van der Waals surface area (Å²) in [7, 11) is 6.83. The van der Waals surface area contributed by atoms with Gasteiger partial charge in [0.1, 0.15) is 22.8 Å². The van der Waals surface area contributed by atoms with Gasteiger partial charge in [0.15, 0.2) is 11.4 Å². The van der Waals surface area contributed by atoms with E-state index < -0.39 is 58.0 Å². The molecule has 0 radical (unpaired) electrons. The van der Waals surface area contributed by atoms with Crippen LogP contribution in [0.1, 0.15) is 28.7 Å². The summed E-state index contributed by atoms with van der Waals surface area (Å²) in [6.45, 7) is 3.88. The number of aryl methyl sites for hydroxylation is 2. The van der Waals surface area contributed by atoms with Crippen molar-refractivity contribution in [3.8, 4) is 16.9 Å². The minimum atomic E-state index is -2.67. The first kappa shape index (κ1) is 28.4. The number of phenols is 1. The second-order valence-corrected chi connectivity index (χ2v) is 11.8. The molecule has 10 nitrogen and oxygen atoms in total. The molecular formula is C31H35N3O7. The Morgan fingerprint density at radius 3 is 2.24 bits per heavy atom. The Morgan fingerprint density at radius 1 is 1.02 bits per heavy atom. The summed E-state index contributed by atoms with van der Waals surface area (Å²) >= 11 is 0. The number of rotatable bonds is 4. The van der Waals surface area contributed by atoms with Crippen LogP contribution in [-0.2, 0) is 20.8 Å². The number of amides is 1. The number of aliphatic hydroxyl groups is 3. The highest BCUT2D eigenvalue weighted by molar-refractivity contribution is 6.24. The van der Waals surface area contributed by atoms with E-state index in [4.69, 9.17) is 5.73 Å². The molecule has 1 amide bonds. The van der Waals surface area contributed by atoms with E-state index >= 15 is 0 Å². The van der Waals surface area contributed by atoms with E-state index in [9.17, 15) is 34.8 Å². The molecule has 10 heteroatoms. The van der Waals surface area contributed by atoms with Crippen LogP contribution < -0.4 is 10.6 Å². The predicted molar refractivity (Wildman–Crippen MR) is 153 cm³/mol. The Labute approximate surface area is 238 Å². The maximum absolute atomic E-state index is 14.1. The number of hydrogen-bond donors (Lipinski definition) is 5. The molecule has 3 aliphatic rings. The van der Waals surface area contributed by atoms with Gasteiger partial charge in [-0.25, -0.2) is 0 Å². The fourth-order valence-electron chi connectivity index (χ4n) is 7.01. The number of nitrogens with two attached hydrogens (primary N) is 1. The van der Waals surface area contributed by atoms with E-state index in [2.05, 4.69) is 0 Å². The van der Waals surface area contributed by atoms with Crippen molar-refractivity contribution < 1.29 is 34.8 Å². The van der Waals surface area contributed by atoms with Crippen LogP contribution in [0.2, 0.25) is 0 Å². The summed E-state index contributed by atoms with van der Waals surface area (Å²) in [5, 5.41) is 46.2. The highest BCUT2D eigenvalue weighted by Gasteiger charge is 2.64. The quantitative estimate of drug-likeness (QED) is 0.352.